The Bertz CT molecular complexity index is 865. The van der Waals surface area contributed by atoms with Gasteiger partial charge in [0.15, 0.2) is 12.4 Å². The molecule has 2 amide bonds. The third kappa shape index (κ3) is 5.65. The molecular formula is C19H17ClN2O5. The molecule has 0 bridgehead atoms. The van der Waals surface area contributed by atoms with Crippen molar-refractivity contribution in [3.8, 4) is 0 Å². The molecule has 0 aliphatic rings. The molecule has 0 aromatic heterocycles. The maximum absolute atomic E-state index is 12.7. The molecule has 0 fully saturated rings. The van der Waals surface area contributed by atoms with Gasteiger partial charge in [-0.3, -0.25) is 14.4 Å². The van der Waals surface area contributed by atoms with Gasteiger partial charge in [0.1, 0.15) is 0 Å². The Morgan fingerprint density at radius 1 is 0.926 bits per heavy atom. The summed E-state index contributed by atoms with van der Waals surface area (Å²) in [5, 5.41) is 5.13. The maximum atomic E-state index is 12.7. The van der Waals surface area contributed by atoms with Gasteiger partial charge in [-0.25, -0.2) is 4.79 Å². The molecule has 2 N–H and O–H groups in total. The fourth-order valence-corrected chi connectivity index (χ4v) is 2.27. The number of benzene rings is 2. The van der Waals surface area contributed by atoms with Crippen molar-refractivity contribution in [2.75, 3.05) is 20.2 Å². The van der Waals surface area contributed by atoms with Crippen molar-refractivity contribution in [2.45, 2.75) is 0 Å². The fraction of sp³-hybridized carbons (Fsp3) is 0.158. The normalized spacial score (nSPS) is 10.0. The molecule has 0 heterocycles. The minimum Gasteiger partial charge on any atom is -0.452 e. The first-order chi connectivity index (χ1) is 12.9. The summed E-state index contributed by atoms with van der Waals surface area (Å²) in [4.78, 5) is 47.7. The van der Waals surface area contributed by atoms with Crippen LogP contribution < -0.4 is 10.6 Å². The van der Waals surface area contributed by atoms with E-state index in [1.807, 2.05) is 0 Å². The van der Waals surface area contributed by atoms with Gasteiger partial charge in [0, 0.05) is 23.2 Å². The second kappa shape index (κ2) is 9.49. The SMILES string of the molecule is CNC(=O)CNC(=O)COC(=O)c1ccccc1C(=O)c1ccc(Cl)cc1. The average Bonchev–Trinajstić information content (AvgIpc) is 2.70. The highest BCUT2D eigenvalue weighted by molar-refractivity contribution is 6.30. The molecule has 2 aromatic rings. The molecule has 2 aromatic carbocycles. The molecule has 0 aliphatic heterocycles. The highest BCUT2D eigenvalue weighted by Crippen LogP contribution is 2.17. The highest BCUT2D eigenvalue weighted by Gasteiger charge is 2.20. The van der Waals surface area contributed by atoms with E-state index in [2.05, 4.69) is 10.6 Å². The first kappa shape index (κ1) is 20.1. The Labute approximate surface area is 160 Å². The Morgan fingerprint density at radius 3 is 2.19 bits per heavy atom. The van der Waals surface area contributed by atoms with E-state index in [-0.39, 0.29) is 29.4 Å². The number of carbonyl (C=O) groups excluding carboxylic acids is 4. The van der Waals surface area contributed by atoms with Crippen LogP contribution in [0.15, 0.2) is 48.5 Å². The van der Waals surface area contributed by atoms with E-state index in [1.165, 1.54) is 19.2 Å². The lowest BCUT2D eigenvalue weighted by molar-refractivity contribution is -0.127. The van der Waals surface area contributed by atoms with E-state index in [4.69, 9.17) is 16.3 Å². The predicted octanol–water partition coefficient (Wildman–Crippen LogP) is 1.59. The van der Waals surface area contributed by atoms with Gasteiger partial charge in [0.25, 0.3) is 5.91 Å². The van der Waals surface area contributed by atoms with E-state index in [1.54, 1.807) is 36.4 Å². The fourth-order valence-electron chi connectivity index (χ4n) is 2.14. The van der Waals surface area contributed by atoms with Crippen LogP contribution >= 0.6 is 11.6 Å². The Hall–Kier alpha value is -3.19. The van der Waals surface area contributed by atoms with E-state index in [0.717, 1.165) is 0 Å². The van der Waals surface area contributed by atoms with Crippen molar-refractivity contribution >= 4 is 35.2 Å². The topological polar surface area (TPSA) is 102 Å². The van der Waals surface area contributed by atoms with Gasteiger partial charge < -0.3 is 15.4 Å². The number of halogens is 1. The third-order valence-corrected chi connectivity index (χ3v) is 3.81. The molecule has 0 aliphatic carbocycles. The van der Waals surface area contributed by atoms with Crippen LogP contribution in [-0.4, -0.2) is 43.8 Å². The summed E-state index contributed by atoms with van der Waals surface area (Å²) in [5.74, 6) is -2.20. The Morgan fingerprint density at radius 2 is 1.56 bits per heavy atom. The lowest BCUT2D eigenvalue weighted by Crippen LogP contribution is -2.37. The zero-order chi connectivity index (χ0) is 19.8. The molecule has 0 spiro atoms. The number of amides is 2. The number of nitrogens with one attached hydrogen (secondary N) is 2. The summed E-state index contributed by atoms with van der Waals surface area (Å²) in [7, 11) is 1.43. The number of hydrogen-bond acceptors (Lipinski definition) is 5. The standard InChI is InChI=1S/C19H17ClN2O5/c1-21-16(23)10-22-17(24)11-27-19(26)15-5-3-2-4-14(15)18(25)12-6-8-13(20)9-7-12/h2-9H,10-11H2,1H3,(H,21,23)(H,22,24). The smallest absolute Gasteiger partial charge is 0.339 e. The van der Waals surface area contributed by atoms with Crippen LogP contribution in [0.3, 0.4) is 0 Å². The maximum Gasteiger partial charge on any atom is 0.339 e. The van der Waals surface area contributed by atoms with E-state index in [0.29, 0.717) is 10.6 Å². The van der Waals surface area contributed by atoms with Gasteiger partial charge in [-0.2, -0.15) is 0 Å². The zero-order valence-corrected chi connectivity index (χ0v) is 15.2. The number of rotatable bonds is 7. The van der Waals surface area contributed by atoms with Gasteiger partial charge in [0.2, 0.25) is 5.91 Å². The van der Waals surface area contributed by atoms with Crippen molar-refractivity contribution in [3.63, 3.8) is 0 Å². The number of hydrogen-bond donors (Lipinski definition) is 2. The minimum absolute atomic E-state index is 0.0385. The third-order valence-electron chi connectivity index (χ3n) is 3.56. The molecule has 0 saturated heterocycles. The predicted molar refractivity (Wildman–Crippen MR) is 98.7 cm³/mol. The molecule has 0 unspecified atom stereocenters. The second-order valence-electron chi connectivity index (χ2n) is 5.41. The summed E-state index contributed by atoms with van der Waals surface area (Å²) >= 11 is 5.82. The van der Waals surface area contributed by atoms with Crippen LogP contribution in [0.25, 0.3) is 0 Å². The number of ether oxygens (including phenoxy) is 1. The number of likely N-dealkylation sites (N-methyl/N-ethyl adjacent to an activating group) is 1. The minimum atomic E-state index is -0.817. The first-order valence-electron chi connectivity index (χ1n) is 7.96. The van der Waals surface area contributed by atoms with Crippen LogP contribution in [0.4, 0.5) is 0 Å². The van der Waals surface area contributed by atoms with E-state index < -0.39 is 18.5 Å². The summed E-state index contributed by atoms with van der Waals surface area (Å²) in [6.45, 7) is -0.794. The second-order valence-corrected chi connectivity index (χ2v) is 5.84. The average molecular weight is 389 g/mol. The van der Waals surface area contributed by atoms with Crippen LogP contribution in [0, 0.1) is 0 Å². The summed E-state index contributed by atoms with van der Waals surface area (Å²) in [5.41, 5.74) is 0.551. The van der Waals surface area contributed by atoms with Gasteiger partial charge in [-0.05, 0) is 30.3 Å². The molecule has 7 nitrogen and oxygen atoms in total. The molecular weight excluding hydrogens is 372 g/mol. The highest BCUT2D eigenvalue weighted by atomic mass is 35.5. The lowest BCUT2D eigenvalue weighted by Gasteiger charge is -2.09. The van der Waals surface area contributed by atoms with Crippen molar-refractivity contribution in [3.05, 3.63) is 70.2 Å². The van der Waals surface area contributed by atoms with Crippen molar-refractivity contribution in [1.29, 1.82) is 0 Å². The zero-order valence-electron chi connectivity index (χ0n) is 14.5. The molecule has 0 atom stereocenters. The quantitative estimate of drug-likeness (QED) is 0.554. The Balaban J connectivity index is 2.07. The molecule has 27 heavy (non-hydrogen) atoms. The number of ketones is 1. The molecule has 0 radical (unpaired) electrons. The van der Waals surface area contributed by atoms with Crippen molar-refractivity contribution < 1.29 is 23.9 Å². The van der Waals surface area contributed by atoms with Crippen molar-refractivity contribution in [2.24, 2.45) is 0 Å². The van der Waals surface area contributed by atoms with Crippen molar-refractivity contribution in [1.82, 2.24) is 10.6 Å². The van der Waals surface area contributed by atoms with Gasteiger partial charge >= 0.3 is 5.97 Å². The number of carbonyl (C=O) groups is 4. The molecule has 2 rings (SSSR count). The summed E-state index contributed by atoms with van der Waals surface area (Å²) in [6.07, 6.45) is 0. The summed E-state index contributed by atoms with van der Waals surface area (Å²) < 4.78 is 4.95. The largest absolute Gasteiger partial charge is 0.452 e. The van der Waals surface area contributed by atoms with E-state index >= 15 is 0 Å². The molecule has 8 heteroatoms. The molecule has 140 valence electrons. The van der Waals surface area contributed by atoms with Gasteiger partial charge in [-0.1, -0.05) is 29.8 Å². The summed E-state index contributed by atoms with van der Waals surface area (Å²) in [6, 6.07) is 12.4. The molecule has 0 saturated carbocycles. The van der Waals surface area contributed by atoms with Crippen LogP contribution in [0.1, 0.15) is 26.3 Å². The van der Waals surface area contributed by atoms with Gasteiger partial charge in [0.05, 0.1) is 12.1 Å². The monoisotopic (exact) mass is 388 g/mol. The van der Waals surface area contributed by atoms with E-state index in [9.17, 15) is 19.2 Å². The first-order valence-corrected chi connectivity index (χ1v) is 8.34. The van der Waals surface area contributed by atoms with Gasteiger partial charge in [-0.15, -0.1) is 0 Å². The number of esters is 1. The van der Waals surface area contributed by atoms with Crippen LogP contribution in [-0.2, 0) is 14.3 Å². The van der Waals surface area contributed by atoms with Crippen LogP contribution in [0.2, 0.25) is 5.02 Å². The Kier molecular flexibility index (Phi) is 7.08. The van der Waals surface area contributed by atoms with Crippen LogP contribution in [0.5, 0.6) is 0 Å². The lowest BCUT2D eigenvalue weighted by atomic mass is 9.98.